The Labute approximate surface area is 236 Å². The van der Waals surface area contributed by atoms with Crippen molar-refractivity contribution in [3.63, 3.8) is 0 Å². The Bertz CT molecular complexity index is 1240. The Morgan fingerprint density at radius 2 is 1.93 bits per heavy atom. The van der Waals surface area contributed by atoms with Gasteiger partial charge >= 0.3 is 0 Å². The molecule has 5 rings (SSSR count). The highest BCUT2D eigenvalue weighted by atomic mass is 16.5. The quantitative estimate of drug-likeness (QED) is 0.482. The van der Waals surface area contributed by atoms with Crippen molar-refractivity contribution in [3.05, 3.63) is 42.6 Å². The highest BCUT2D eigenvalue weighted by molar-refractivity contribution is 5.99. The number of aromatic nitrogens is 2. The molecule has 2 aromatic rings. The number of likely N-dealkylation sites (N-methyl/N-ethyl adjacent to an activating group) is 1. The first-order valence-electron chi connectivity index (χ1n) is 14.1. The lowest BCUT2D eigenvalue weighted by molar-refractivity contribution is -0.121. The fraction of sp³-hybridized carbons (Fsp3) is 0.517. The fourth-order valence-electron chi connectivity index (χ4n) is 5.77. The van der Waals surface area contributed by atoms with Crippen LogP contribution in [-0.4, -0.2) is 91.7 Å². The molecule has 2 N–H and O–H groups in total. The smallest absolute Gasteiger partial charge is 0.265 e. The Kier molecular flexibility index (Phi) is 8.51. The lowest BCUT2D eigenvalue weighted by atomic mass is 10.0. The van der Waals surface area contributed by atoms with Gasteiger partial charge in [0.25, 0.3) is 5.91 Å². The van der Waals surface area contributed by atoms with Gasteiger partial charge in [0.05, 0.1) is 24.9 Å². The van der Waals surface area contributed by atoms with E-state index in [2.05, 4.69) is 39.2 Å². The molecule has 0 bridgehead atoms. The molecule has 0 spiro atoms. The highest BCUT2D eigenvalue weighted by Crippen LogP contribution is 2.38. The van der Waals surface area contributed by atoms with Crippen LogP contribution in [0.5, 0.6) is 5.75 Å². The van der Waals surface area contributed by atoms with E-state index in [0.29, 0.717) is 47.6 Å². The minimum Gasteiger partial charge on any atom is -0.495 e. The predicted octanol–water partition coefficient (Wildman–Crippen LogP) is 3.04. The topological polar surface area (TPSA) is 106 Å². The molecular formula is C29H40N8O3. The number of anilines is 4. The van der Waals surface area contributed by atoms with E-state index in [1.807, 2.05) is 11.1 Å². The SMILES string of the molecule is C=CC[C@H]1CN(C2CCCC2)c2nc(Nc3ccc(C(=O)NN4CCN(C)CC4)cc3OC)ncc2N(C)C1=O. The van der Waals surface area contributed by atoms with Crippen LogP contribution < -0.4 is 25.3 Å². The molecule has 2 amide bonds. The Balaban J connectivity index is 1.38. The van der Waals surface area contributed by atoms with Crippen LogP contribution in [0.1, 0.15) is 42.5 Å². The van der Waals surface area contributed by atoms with Gasteiger partial charge in [-0.3, -0.25) is 15.0 Å². The molecule has 3 heterocycles. The van der Waals surface area contributed by atoms with Gasteiger partial charge in [0, 0.05) is 51.4 Å². The average molecular weight is 549 g/mol. The maximum absolute atomic E-state index is 13.3. The lowest BCUT2D eigenvalue weighted by Crippen LogP contribution is -2.52. The monoisotopic (exact) mass is 548 g/mol. The Hall–Kier alpha value is -3.70. The van der Waals surface area contributed by atoms with Crippen LogP contribution in [0.2, 0.25) is 0 Å². The van der Waals surface area contributed by atoms with Crippen LogP contribution in [0.25, 0.3) is 0 Å². The van der Waals surface area contributed by atoms with Gasteiger partial charge in [-0.1, -0.05) is 18.9 Å². The zero-order valence-electron chi connectivity index (χ0n) is 23.7. The van der Waals surface area contributed by atoms with E-state index in [9.17, 15) is 9.59 Å². The van der Waals surface area contributed by atoms with Crippen molar-refractivity contribution in [1.29, 1.82) is 0 Å². The molecule has 1 aromatic heterocycles. The van der Waals surface area contributed by atoms with Crippen molar-refractivity contribution < 1.29 is 14.3 Å². The van der Waals surface area contributed by atoms with Gasteiger partial charge in [-0.15, -0.1) is 6.58 Å². The largest absolute Gasteiger partial charge is 0.495 e. The first kappa shape index (κ1) is 27.9. The zero-order chi connectivity index (χ0) is 28.2. The summed E-state index contributed by atoms with van der Waals surface area (Å²) in [6.45, 7) is 7.85. The van der Waals surface area contributed by atoms with Crippen molar-refractivity contribution in [3.8, 4) is 5.75 Å². The molecule has 11 heteroatoms. The van der Waals surface area contributed by atoms with Crippen molar-refractivity contribution in [2.45, 2.75) is 38.1 Å². The molecule has 3 aliphatic rings. The summed E-state index contributed by atoms with van der Waals surface area (Å²) >= 11 is 0. The number of methoxy groups -OCH3 is 1. The van der Waals surface area contributed by atoms with E-state index in [1.165, 1.54) is 12.8 Å². The van der Waals surface area contributed by atoms with Gasteiger partial charge in [0.15, 0.2) is 5.82 Å². The first-order chi connectivity index (χ1) is 19.4. The molecule has 2 aliphatic heterocycles. The molecule has 1 atom stereocenters. The number of ether oxygens (including phenoxy) is 1. The standard InChI is InChI=1S/C29H40N8O3/c1-5-8-21-19-37(22-9-6-7-10-22)26-24(35(3)28(21)39)18-30-29(32-26)31-23-12-11-20(17-25(23)40-4)27(38)33-36-15-13-34(2)14-16-36/h5,11-12,17-18,21-22H,1,6-10,13-16,19H2,2-4H3,(H,33,38)(H,30,31,32)/t21-/m0/s1. The van der Waals surface area contributed by atoms with Crippen LogP contribution in [0, 0.1) is 5.92 Å². The van der Waals surface area contributed by atoms with Crippen molar-refractivity contribution >= 4 is 35.0 Å². The number of carbonyl (C=O) groups is 2. The third kappa shape index (κ3) is 5.90. The number of benzene rings is 1. The summed E-state index contributed by atoms with van der Waals surface area (Å²) in [5, 5.41) is 5.23. The lowest BCUT2D eigenvalue weighted by Gasteiger charge is -2.32. The van der Waals surface area contributed by atoms with Gasteiger partial charge < -0.3 is 24.8 Å². The van der Waals surface area contributed by atoms with Crippen LogP contribution in [0.3, 0.4) is 0 Å². The summed E-state index contributed by atoms with van der Waals surface area (Å²) < 4.78 is 5.63. The molecule has 2 fully saturated rings. The van der Waals surface area contributed by atoms with Gasteiger partial charge in [-0.05, 0) is 44.5 Å². The summed E-state index contributed by atoms with van der Waals surface area (Å²) in [5.74, 6) is 1.36. The molecule has 40 heavy (non-hydrogen) atoms. The van der Waals surface area contributed by atoms with E-state index in [4.69, 9.17) is 9.72 Å². The number of nitrogens with zero attached hydrogens (tertiary/aromatic N) is 6. The summed E-state index contributed by atoms with van der Waals surface area (Å²) in [5.41, 5.74) is 4.85. The second-order valence-corrected chi connectivity index (χ2v) is 10.9. The number of hydrogen-bond donors (Lipinski definition) is 2. The van der Waals surface area contributed by atoms with E-state index in [0.717, 1.165) is 44.8 Å². The highest BCUT2D eigenvalue weighted by Gasteiger charge is 2.36. The van der Waals surface area contributed by atoms with Gasteiger partial charge in [-0.25, -0.2) is 9.99 Å². The average Bonchev–Trinajstić information content (AvgIpc) is 3.48. The van der Waals surface area contributed by atoms with Crippen molar-refractivity contribution in [1.82, 2.24) is 25.3 Å². The number of hydrazine groups is 1. The molecule has 214 valence electrons. The number of nitrogens with one attached hydrogen (secondary N) is 2. The molecular weight excluding hydrogens is 508 g/mol. The van der Waals surface area contributed by atoms with Crippen molar-refractivity contribution in [2.24, 2.45) is 5.92 Å². The van der Waals surface area contributed by atoms with Gasteiger partial charge in [-0.2, -0.15) is 4.98 Å². The number of rotatable bonds is 8. The summed E-state index contributed by atoms with van der Waals surface area (Å²) in [4.78, 5) is 41.9. The van der Waals surface area contributed by atoms with E-state index in [1.54, 1.807) is 43.5 Å². The Morgan fingerprint density at radius 1 is 1.18 bits per heavy atom. The first-order valence-corrected chi connectivity index (χ1v) is 14.1. The molecule has 0 radical (unpaired) electrons. The maximum Gasteiger partial charge on any atom is 0.265 e. The number of piperazine rings is 1. The Morgan fingerprint density at radius 3 is 2.62 bits per heavy atom. The molecule has 1 saturated heterocycles. The number of fused-ring (bicyclic) bond motifs is 1. The zero-order valence-corrected chi connectivity index (χ0v) is 23.7. The third-order valence-electron chi connectivity index (χ3n) is 8.17. The van der Waals surface area contributed by atoms with E-state index >= 15 is 0 Å². The van der Waals surface area contributed by atoms with Crippen LogP contribution in [0.15, 0.2) is 37.1 Å². The van der Waals surface area contributed by atoms with E-state index in [-0.39, 0.29) is 17.7 Å². The van der Waals surface area contributed by atoms with Crippen molar-refractivity contribution in [2.75, 3.05) is 69.0 Å². The third-order valence-corrected chi connectivity index (χ3v) is 8.17. The molecule has 11 nitrogen and oxygen atoms in total. The molecule has 1 saturated carbocycles. The minimum absolute atomic E-state index is 0.0538. The normalized spacial score (nSPS) is 20.7. The summed E-state index contributed by atoms with van der Waals surface area (Å²) in [6, 6.07) is 5.61. The number of allylic oxidation sites excluding steroid dienone is 1. The number of carbonyl (C=O) groups excluding carboxylic acids is 2. The minimum atomic E-state index is -0.182. The van der Waals surface area contributed by atoms with Crippen LogP contribution in [0.4, 0.5) is 23.1 Å². The van der Waals surface area contributed by atoms with E-state index < -0.39 is 0 Å². The molecule has 0 unspecified atom stereocenters. The second-order valence-electron chi connectivity index (χ2n) is 10.9. The summed E-state index contributed by atoms with van der Waals surface area (Å²) in [6.07, 6.45) is 8.66. The van der Waals surface area contributed by atoms with Crippen LogP contribution >= 0.6 is 0 Å². The molecule has 1 aromatic carbocycles. The van der Waals surface area contributed by atoms with Gasteiger partial charge in [0.1, 0.15) is 11.4 Å². The second kappa shape index (κ2) is 12.2. The number of amides is 2. The fourth-order valence-corrected chi connectivity index (χ4v) is 5.77. The molecule has 1 aliphatic carbocycles. The van der Waals surface area contributed by atoms with Gasteiger partial charge in [0.2, 0.25) is 11.9 Å². The number of hydrogen-bond acceptors (Lipinski definition) is 9. The van der Waals surface area contributed by atoms with Crippen LogP contribution in [-0.2, 0) is 4.79 Å². The predicted molar refractivity (Wildman–Crippen MR) is 156 cm³/mol. The maximum atomic E-state index is 13.3. The summed E-state index contributed by atoms with van der Waals surface area (Å²) in [7, 11) is 5.44.